The number of benzene rings is 4. The second-order valence-corrected chi connectivity index (χ2v) is 11.0. The molecule has 1 heterocycles. The Labute approximate surface area is 253 Å². The van der Waals surface area contributed by atoms with Gasteiger partial charge in [-0.2, -0.15) is 0 Å². The lowest BCUT2D eigenvalue weighted by Gasteiger charge is -2.19. The van der Waals surface area contributed by atoms with Gasteiger partial charge in [0.05, 0.1) is 4.91 Å². The first-order valence-electron chi connectivity index (χ1n) is 13.1. The van der Waals surface area contributed by atoms with Crippen molar-refractivity contribution >= 4 is 46.3 Å². The number of carbonyl (C=O) groups excluding carboxylic acids is 1. The van der Waals surface area contributed by atoms with Crippen molar-refractivity contribution in [3.63, 3.8) is 0 Å². The Bertz CT molecular complexity index is 1530. The number of nitrogens with zero attached hydrogens (tertiary/aromatic N) is 1. The van der Waals surface area contributed by atoms with Crippen LogP contribution in [0.5, 0.6) is 17.2 Å². The van der Waals surface area contributed by atoms with E-state index in [2.05, 4.69) is 0 Å². The summed E-state index contributed by atoms with van der Waals surface area (Å²) in [6.45, 7) is 0.359. The van der Waals surface area contributed by atoms with Crippen molar-refractivity contribution in [1.29, 1.82) is 0 Å². The molecule has 42 heavy (non-hydrogen) atoms. The summed E-state index contributed by atoms with van der Waals surface area (Å²) in [5.41, 5.74) is 3.53. The van der Waals surface area contributed by atoms with E-state index in [0.717, 1.165) is 33.4 Å². The molecule has 212 valence electrons. The van der Waals surface area contributed by atoms with Crippen LogP contribution in [0.1, 0.15) is 22.3 Å². The zero-order valence-electron chi connectivity index (χ0n) is 22.5. The van der Waals surface area contributed by atoms with Crippen LogP contribution in [0.15, 0.2) is 108 Å². The lowest BCUT2D eigenvalue weighted by molar-refractivity contribution is -0.140. The number of rotatable bonds is 12. The fraction of sp³-hybridized carbons (Fsp3) is 0.121. The number of hydrogen-bond acceptors (Lipinski definition) is 7. The molecule has 7 nitrogen and oxygen atoms in total. The van der Waals surface area contributed by atoms with Gasteiger partial charge < -0.3 is 19.3 Å². The van der Waals surface area contributed by atoms with E-state index >= 15 is 0 Å². The molecule has 1 fully saturated rings. The summed E-state index contributed by atoms with van der Waals surface area (Å²) in [6.07, 6.45) is 1.66. The molecular weight excluding hydrogens is 570 g/mol. The summed E-state index contributed by atoms with van der Waals surface area (Å²) in [5.74, 6) is -0.294. The van der Waals surface area contributed by atoms with Crippen LogP contribution in [0.3, 0.4) is 0 Å². The van der Waals surface area contributed by atoms with Crippen molar-refractivity contribution in [3.8, 4) is 17.2 Å². The molecule has 9 heteroatoms. The van der Waals surface area contributed by atoms with Crippen LogP contribution in [-0.4, -0.2) is 32.7 Å². The number of amides is 1. The van der Waals surface area contributed by atoms with Gasteiger partial charge in [0.25, 0.3) is 5.91 Å². The normalized spacial score (nSPS) is 13.8. The quantitative estimate of drug-likeness (QED) is 0.143. The lowest BCUT2D eigenvalue weighted by Crippen LogP contribution is -2.33. The van der Waals surface area contributed by atoms with Crippen LogP contribution in [0.4, 0.5) is 0 Å². The van der Waals surface area contributed by atoms with Crippen LogP contribution in [0, 0.1) is 0 Å². The minimum absolute atomic E-state index is 0.192. The van der Waals surface area contributed by atoms with Gasteiger partial charge in [0.15, 0.2) is 11.5 Å². The fourth-order valence-corrected chi connectivity index (χ4v) is 5.42. The number of carboxylic acids is 1. The van der Waals surface area contributed by atoms with Crippen LogP contribution >= 0.6 is 24.0 Å². The maximum absolute atomic E-state index is 13.0. The molecule has 1 aliphatic rings. The Balaban J connectivity index is 1.52. The Morgan fingerprint density at radius 2 is 1.21 bits per heavy atom. The highest BCUT2D eigenvalue weighted by Gasteiger charge is 2.33. The third-order valence-electron chi connectivity index (χ3n) is 6.21. The van der Waals surface area contributed by atoms with Crippen molar-refractivity contribution in [2.45, 2.75) is 19.8 Å². The molecule has 1 aliphatic heterocycles. The summed E-state index contributed by atoms with van der Waals surface area (Å²) in [4.78, 5) is 25.6. The molecule has 0 saturated carbocycles. The third-order valence-corrected chi connectivity index (χ3v) is 7.59. The molecule has 5 rings (SSSR count). The lowest BCUT2D eigenvalue weighted by atomic mass is 10.1. The highest BCUT2D eigenvalue weighted by Crippen LogP contribution is 2.42. The molecule has 4 aromatic carbocycles. The van der Waals surface area contributed by atoms with E-state index in [4.69, 9.17) is 26.4 Å². The Morgan fingerprint density at radius 1 is 0.762 bits per heavy atom. The average Bonchev–Trinajstić information content (AvgIpc) is 3.26. The highest BCUT2D eigenvalue weighted by molar-refractivity contribution is 8.26. The molecule has 0 radical (unpaired) electrons. The van der Waals surface area contributed by atoms with Gasteiger partial charge in [-0.3, -0.25) is 14.5 Å². The topological polar surface area (TPSA) is 85.3 Å². The number of ether oxygens (including phenoxy) is 3. The molecule has 1 saturated heterocycles. The van der Waals surface area contributed by atoms with Gasteiger partial charge in [0.2, 0.25) is 5.75 Å². The zero-order valence-corrected chi connectivity index (χ0v) is 24.1. The first-order chi connectivity index (χ1) is 20.5. The molecule has 0 aromatic heterocycles. The summed E-state index contributed by atoms with van der Waals surface area (Å²) >= 11 is 6.32. The van der Waals surface area contributed by atoms with Crippen LogP contribution in [-0.2, 0) is 29.4 Å². The van der Waals surface area contributed by atoms with Crippen molar-refractivity contribution in [2.24, 2.45) is 0 Å². The third kappa shape index (κ3) is 7.57. The smallest absolute Gasteiger partial charge is 0.323 e. The minimum Gasteiger partial charge on any atom is -0.485 e. The monoisotopic (exact) mass is 597 g/mol. The van der Waals surface area contributed by atoms with Gasteiger partial charge in [-0.05, 0) is 40.5 Å². The second kappa shape index (κ2) is 13.8. The maximum atomic E-state index is 13.0. The molecule has 0 bridgehead atoms. The van der Waals surface area contributed by atoms with E-state index in [1.54, 1.807) is 18.2 Å². The largest absolute Gasteiger partial charge is 0.485 e. The standard InChI is InChI=1S/C33H27NO6S2/c35-30(36)19-34-32(37)29(42-33(34)41)18-26-16-27(38-20-23-10-4-1-5-11-23)31(40-22-25-14-8-3-9-15-25)28(17-26)39-21-24-12-6-2-7-13-24/h1-18H,19-22H2,(H,35,36). The van der Waals surface area contributed by atoms with Gasteiger partial charge in [0, 0.05) is 0 Å². The van der Waals surface area contributed by atoms with E-state index in [0.29, 0.717) is 27.7 Å². The maximum Gasteiger partial charge on any atom is 0.323 e. The van der Waals surface area contributed by atoms with E-state index in [1.165, 1.54) is 0 Å². The van der Waals surface area contributed by atoms with Gasteiger partial charge in [-0.15, -0.1) is 0 Å². The Morgan fingerprint density at radius 3 is 1.67 bits per heavy atom. The van der Waals surface area contributed by atoms with Gasteiger partial charge in [0.1, 0.15) is 30.7 Å². The first-order valence-corrected chi connectivity index (χ1v) is 14.3. The summed E-state index contributed by atoms with van der Waals surface area (Å²) in [5, 5.41) is 9.20. The summed E-state index contributed by atoms with van der Waals surface area (Å²) in [6, 6.07) is 32.9. The average molecular weight is 598 g/mol. The predicted octanol–water partition coefficient (Wildman–Crippen LogP) is 6.71. The minimum atomic E-state index is -1.14. The van der Waals surface area contributed by atoms with Crippen molar-refractivity contribution in [1.82, 2.24) is 4.90 Å². The number of carbonyl (C=O) groups is 2. The molecule has 1 N–H and O–H groups in total. The van der Waals surface area contributed by atoms with E-state index in [-0.39, 0.29) is 24.1 Å². The Hall–Kier alpha value is -4.60. The van der Waals surface area contributed by atoms with Gasteiger partial charge in [-0.1, -0.05) is 115 Å². The van der Waals surface area contributed by atoms with E-state index < -0.39 is 18.4 Å². The number of aliphatic carboxylic acids is 1. The van der Waals surface area contributed by atoms with Crippen LogP contribution in [0.25, 0.3) is 6.08 Å². The number of hydrogen-bond donors (Lipinski definition) is 1. The summed E-state index contributed by atoms with van der Waals surface area (Å²) in [7, 11) is 0. The van der Waals surface area contributed by atoms with Crippen molar-refractivity contribution in [2.75, 3.05) is 6.54 Å². The number of thioether (sulfide) groups is 1. The molecule has 0 aliphatic carbocycles. The first kappa shape index (κ1) is 28.9. The van der Waals surface area contributed by atoms with E-state index in [1.807, 2.05) is 91.0 Å². The summed E-state index contributed by atoms with van der Waals surface area (Å²) < 4.78 is 19.1. The van der Waals surface area contributed by atoms with Crippen LogP contribution < -0.4 is 14.2 Å². The van der Waals surface area contributed by atoms with E-state index in [9.17, 15) is 14.7 Å². The van der Waals surface area contributed by atoms with Crippen molar-refractivity contribution < 1.29 is 28.9 Å². The van der Waals surface area contributed by atoms with Crippen molar-refractivity contribution in [3.05, 3.63) is 130 Å². The molecule has 0 spiro atoms. The van der Waals surface area contributed by atoms with Gasteiger partial charge >= 0.3 is 5.97 Å². The fourth-order valence-electron chi connectivity index (χ4n) is 4.16. The highest BCUT2D eigenvalue weighted by atomic mass is 32.2. The van der Waals surface area contributed by atoms with Gasteiger partial charge in [-0.25, -0.2) is 0 Å². The second-order valence-electron chi connectivity index (χ2n) is 9.33. The van der Waals surface area contributed by atoms with Crippen LogP contribution in [0.2, 0.25) is 0 Å². The zero-order chi connectivity index (χ0) is 29.3. The predicted molar refractivity (Wildman–Crippen MR) is 166 cm³/mol. The number of carboxylic acid groups (broad SMARTS) is 1. The number of thiocarbonyl (C=S) groups is 1. The molecule has 0 atom stereocenters. The molecule has 1 amide bonds. The molecule has 0 unspecified atom stereocenters. The Kier molecular flexibility index (Phi) is 9.53. The molecular formula is C33H27NO6S2. The molecule has 4 aromatic rings. The SMILES string of the molecule is O=C(O)CN1C(=O)C(=Cc2cc(OCc3ccccc3)c(OCc3ccccc3)c(OCc3ccccc3)c2)SC1=S.